The normalized spacial score (nSPS) is 44.3. The fraction of sp³-hybridized carbons (Fsp3) is 0.842. The first-order chi connectivity index (χ1) is 11.1. The standard InChI is InChI=1S/C19H29NO2S/c1-13-4-3-5-19(2)11-17-14(10-16(13)19)15(18(21)22-17)12-20-6-8-23-9-7-20/h10,13-15,17H,3-9,11-12H2,1-2H3/t13-,14+,15+,17+,19+/m0/s1. The SMILES string of the molecule is C[C@H]1CCC[C@]2(C)C[C@H]3OC(=O)[C@H](CN4CCSCC4)[C@H]3C=C12. The molecule has 0 bridgehead atoms. The number of carbonyl (C=O) groups is 1. The van der Waals surface area contributed by atoms with E-state index in [0.29, 0.717) is 11.8 Å². The number of hydrogen-bond acceptors (Lipinski definition) is 4. The van der Waals surface area contributed by atoms with Gasteiger partial charge in [0.25, 0.3) is 0 Å². The molecule has 5 atom stereocenters. The van der Waals surface area contributed by atoms with Crippen LogP contribution in [0.3, 0.4) is 0 Å². The Kier molecular flexibility index (Phi) is 4.25. The van der Waals surface area contributed by atoms with Crippen LogP contribution in [0.1, 0.15) is 39.5 Å². The van der Waals surface area contributed by atoms with Crippen molar-refractivity contribution >= 4 is 17.7 Å². The highest BCUT2D eigenvalue weighted by Gasteiger charge is 2.51. The number of allylic oxidation sites excluding steroid dienone is 1. The number of esters is 1. The largest absolute Gasteiger partial charge is 0.461 e. The van der Waals surface area contributed by atoms with E-state index in [9.17, 15) is 4.79 Å². The summed E-state index contributed by atoms with van der Waals surface area (Å²) in [6.45, 7) is 7.91. The molecule has 0 N–H and O–H groups in total. The summed E-state index contributed by atoms with van der Waals surface area (Å²) in [6.07, 6.45) is 7.54. The van der Waals surface area contributed by atoms with Crippen LogP contribution < -0.4 is 0 Å². The minimum atomic E-state index is 0.0602. The summed E-state index contributed by atoms with van der Waals surface area (Å²) in [7, 11) is 0. The van der Waals surface area contributed by atoms with Crippen molar-refractivity contribution in [3.63, 3.8) is 0 Å². The second kappa shape index (κ2) is 6.11. The average molecular weight is 336 g/mol. The van der Waals surface area contributed by atoms with E-state index in [1.807, 2.05) is 11.8 Å². The molecule has 0 aromatic rings. The Labute approximate surface area is 144 Å². The predicted molar refractivity (Wildman–Crippen MR) is 94.4 cm³/mol. The van der Waals surface area contributed by atoms with E-state index >= 15 is 0 Å². The van der Waals surface area contributed by atoms with Crippen molar-refractivity contribution in [2.45, 2.75) is 45.6 Å². The fourth-order valence-electron chi connectivity index (χ4n) is 5.32. The first-order valence-corrected chi connectivity index (χ1v) is 10.4. The van der Waals surface area contributed by atoms with Gasteiger partial charge in [0.1, 0.15) is 6.10 Å². The molecule has 2 aliphatic carbocycles. The van der Waals surface area contributed by atoms with Gasteiger partial charge in [-0.3, -0.25) is 4.79 Å². The van der Waals surface area contributed by atoms with Crippen LogP contribution in [0.15, 0.2) is 11.6 Å². The Morgan fingerprint density at radius 1 is 1.39 bits per heavy atom. The summed E-state index contributed by atoms with van der Waals surface area (Å²) in [6, 6.07) is 0. The smallest absolute Gasteiger partial charge is 0.311 e. The molecular formula is C19H29NO2S. The van der Waals surface area contributed by atoms with Crippen molar-refractivity contribution < 1.29 is 9.53 Å². The molecular weight excluding hydrogens is 306 g/mol. The molecule has 2 saturated heterocycles. The third-order valence-electron chi connectivity index (χ3n) is 6.64. The monoisotopic (exact) mass is 335 g/mol. The molecule has 0 aromatic heterocycles. The van der Waals surface area contributed by atoms with Crippen molar-refractivity contribution in [3.8, 4) is 0 Å². The average Bonchev–Trinajstić information content (AvgIpc) is 2.81. The van der Waals surface area contributed by atoms with E-state index in [-0.39, 0.29) is 23.4 Å². The van der Waals surface area contributed by atoms with Crippen LogP contribution in [-0.4, -0.2) is 48.1 Å². The second-order valence-electron chi connectivity index (χ2n) is 8.25. The van der Waals surface area contributed by atoms with Crippen LogP contribution in [0.4, 0.5) is 0 Å². The van der Waals surface area contributed by atoms with Gasteiger partial charge in [-0.2, -0.15) is 11.8 Å². The molecule has 3 nitrogen and oxygen atoms in total. The van der Waals surface area contributed by atoms with Crippen LogP contribution in [-0.2, 0) is 9.53 Å². The van der Waals surface area contributed by atoms with E-state index in [4.69, 9.17) is 4.74 Å². The molecule has 4 heteroatoms. The van der Waals surface area contributed by atoms with Gasteiger partial charge in [0, 0.05) is 37.1 Å². The maximum Gasteiger partial charge on any atom is 0.311 e. The molecule has 1 saturated carbocycles. The Morgan fingerprint density at radius 3 is 2.96 bits per heavy atom. The quantitative estimate of drug-likeness (QED) is 0.572. The molecule has 3 fully saturated rings. The molecule has 0 radical (unpaired) electrons. The molecule has 2 aliphatic heterocycles. The number of rotatable bonds is 2. The van der Waals surface area contributed by atoms with Crippen LogP contribution in [0.25, 0.3) is 0 Å². The molecule has 4 aliphatic rings. The van der Waals surface area contributed by atoms with Gasteiger partial charge in [0.2, 0.25) is 0 Å². The van der Waals surface area contributed by atoms with Crippen molar-refractivity contribution in [2.75, 3.05) is 31.1 Å². The third kappa shape index (κ3) is 2.86. The highest BCUT2D eigenvalue weighted by atomic mass is 32.2. The van der Waals surface area contributed by atoms with Crippen molar-refractivity contribution in [3.05, 3.63) is 11.6 Å². The molecule has 4 rings (SSSR count). The van der Waals surface area contributed by atoms with Crippen molar-refractivity contribution in [1.29, 1.82) is 0 Å². The first kappa shape index (κ1) is 16.0. The van der Waals surface area contributed by atoms with Gasteiger partial charge >= 0.3 is 5.97 Å². The van der Waals surface area contributed by atoms with Gasteiger partial charge in [-0.1, -0.05) is 31.9 Å². The van der Waals surface area contributed by atoms with E-state index in [1.165, 1.54) is 30.8 Å². The lowest BCUT2D eigenvalue weighted by atomic mass is 9.59. The third-order valence-corrected chi connectivity index (χ3v) is 7.58. The van der Waals surface area contributed by atoms with Crippen LogP contribution in [0.2, 0.25) is 0 Å². The summed E-state index contributed by atoms with van der Waals surface area (Å²) in [4.78, 5) is 15.0. The minimum absolute atomic E-state index is 0.0602. The van der Waals surface area contributed by atoms with E-state index in [1.54, 1.807) is 5.57 Å². The zero-order valence-electron chi connectivity index (χ0n) is 14.4. The fourth-order valence-corrected chi connectivity index (χ4v) is 6.30. The topological polar surface area (TPSA) is 29.5 Å². The maximum atomic E-state index is 12.5. The van der Waals surface area contributed by atoms with Gasteiger partial charge in [0.05, 0.1) is 5.92 Å². The highest BCUT2D eigenvalue weighted by molar-refractivity contribution is 7.99. The molecule has 128 valence electrons. The van der Waals surface area contributed by atoms with Gasteiger partial charge in [-0.15, -0.1) is 0 Å². The van der Waals surface area contributed by atoms with E-state index in [0.717, 1.165) is 26.1 Å². The van der Waals surface area contributed by atoms with Crippen LogP contribution in [0, 0.1) is 23.2 Å². The Balaban J connectivity index is 1.56. The predicted octanol–water partition coefficient (Wildman–Crippen LogP) is 3.35. The van der Waals surface area contributed by atoms with Crippen molar-refractivity contribution in [1.82, 2.24) is 4.90 Å². The number of hydrogen-bond donors (Lipinski definition) is 0. The van der Waals surface area contributed by atoms with Gasteiger partial charge in [-0.05, 0) is 30.6 Å². The molecule has 0 unspecified atom stereocenters. The molecule has 0 aromatic carbocycles. The number of fused-ring (bicyclic) bond motifs is 2. The van der Waals surface area contributed by atoms with Gasteiger partial charge < -0.3 is 9.64 Å². The lowest BCUT2D eigenvalue weighted by Crippen LogP contribution is -2.42. The second-order valence-corrected chi connectivity index (χ2v) is 9.48. The number of thioether (sulfide) groups is 1. The summed E-state index contributed by atoms with van der Waals surface area (Å²) in [5.41, 5.74) is 1.90. The van der Waals surface area contributed by atoms with Gasteiger partial charge in [-0.25, -0.2) is 0 Å². The summed E-state index contributed by atoms with van der Waals surface area (Å²) in [5, 5.41) is 0. The van der Waals surface area contributed by atoms with E-state index in [2.05, 4.69) is 24.8 Å². The highest BCUT2D eigenvalue weighted by Crippen LogP contribution is 2.53. The lowest BCUT2D eigenvalue weighted by Gasteiger charge is -2.46. The Hall–Kier alpha value is -0.480. The molecule has 0 spiro atoms. The van der Waals surface area contributed by atoms with Crippen LogP contribution in [0.5, 0.6) is 0 Å². The zero-order valence-corrected chi connectivity index (χ0v) is 15.2. The van der Waals surface area contributed by atoms with E-state index < -0.39 is 0 Å². The van der Waals surface area contributed by atoms with Gasteiger partial charge in [0.15, 0.2) is 0 Å². The summed E-state index contributed by atoms with van der Waals surface area (Å²) >= 11 is 2.02. The van der Waals surface area contributed by atoms with Crippen LogP contribution >= 0.6 is 11.8 Å². The summed E-state index contributed by atoms with van der Waals surface area (Å²) < 4.78 is 5.85. The number of carbonyl (C=O) groups excluding carboxylic acids is 1. The first-order valence-electron chi connectivity index (χ1n) is 9.30. The number of nitrogens with zero attached hydrogens (tertiary/aromatic N) is 1. The molecule has 23 heavy (non-hydrogen) atoms. The number of ether oxygens (including phenoxy) is 1. The lowest BCUT2D eigenvalue weighted by molar-refractivity contribution is -0.145. The molecule has 0 amide bonds. The zero-order chi connectivity index (χ0) is 16.0. The Bertz CT molecular complexity index is 513. The Morgan fingerprint density at radius 2 is 2.17 bits per heavy atom. The maximum absolute atomic E-state index is 12.5. The van der Waals surface area contributed by atoms with Crippen molar-refractivity contribution in [2.24, 2.45) is 23.2 Å². The minimum Gasteiger partial charge on any atom is -0.461 e. The molecule has 2 heterocycles. The summed E-state index contributed by atoms with van der Waals surface area (Å²) in [5.74, 6) is 3.52.